The van der Waals surface area contributed by atoms with Gasteiger partial charge in [0.1, 0.15) is 18.6 Å². The zero-order valence-corrected chi connectivity index (χ0v) is 23.2. The molecule has 1 fully saturated rings. The molecule has 1 aromatic heterocycles. The van der Waals surface area contributed by atoms with Crippen molar-refractivity contribution in [3.63, 3.8) is 0 Å². The molecule has 1 saturated heterocycles. The fraction of sp³-hybridized carbons (Fsp3) is 0.406. The lowest BCUT2D eigenvalue weighted by Crippen LogP contribution is -2.47. The number of pyridine rings is 1. The van der Waals surface area contributed by atoms with Gasteiger partial charge < -0.3 is 19.6 Å². The molecule has 2 N–H and O–H groups in total. The van der Waals surface area contributed by atoms with Crippen LogP contribution in [0.3, 0.4) is 0 Å². The van der Waals surface area contributed by atoms with Gasteiger partial charge in [0.15, 0.2) is 0 Å². The Kier molecular flexibility index (Phi) is 7.30. The van der Waals surface area contributed by atoms with Crippen molar-refractivity contribution < 1.29 is 9.84 Å². The molecule has 0 amide bonds. The highest BCUT2D eigenvalue weighted by atomic mass is 16.5. The van der Waals surface area contributed by atoms with Crippen molar-refractivity contribution >= 4 is 22.3 Å². The molecule has 39 heavy (non-hydrogen) atoms. The summed E-state index contributed by atoms with van der Waals surface area (Å²) in [5.41, 5.74) is 7.76. The van der Waals surface area contributed by atoms with E-state index in [0.29, 0.717) is 12.5 Å². The number of anilines is 2. The number of piperazine rings is 1. The highest BCUT2D eigenvalue weighted by Gasteiger charge is 2.30. The zero-order valence-electron chi connectivity index (χ0n) is 23.2. The average Bonchev–Trinajstić information content (AvgIpc) is 3.19. The summed E-state index contributed by atoms with van der Waals surface area (Å²) in [6.45, 7) is 9.89. The van der Waals surface area contributed by atoms with E-state index >= 15 is 0 Å². The molecule has 2 atom stereocenters. The third kappa shape index (κ3) is 5.02. The first kappa shape index (κ1) is 25.9. The van der Waals surface area contributed by atoms with E-state index in [1.165, 1.54) is 16.6 Å². The van der Waals surface area contributed by atoms with E-state index in [2.05, 4.69) is 87.7 Å². The van der Waals surface area contributed by atoms with Crippen LogP contribution in [0.4, 0.5) is 11.4 Å². The smallest absolute Gasteiger partial charge is 0.147 e. The summed E-state index contributed by atoms with van der Waals surface area (Å²) in [6.07, 6.45) is 5.39. The number of hydrogen-bond acceptors (Lipinski definition) is 7. The summed E-state index contributed by atoms with van der Waals surface area (Å²) in [4.78, 5) is 12.0. The summed E-state index contributed by atoms with van der Waals surface area (Å²) in [5.74, 6) is 1.30. The van der Waals surface area contributed by atoms with Crippen LogP contribution in [0.15, 0.2) is 72.1 Å². The van der Waals surface area contributed by atoms with Crippen molar-refractivity contribution in [2.45, 2.75) is 38.8 Å². The van der Waals surface area contributed by atoms with Gasteiger partial charge >= 0.3 is 0 Å². The van der Waals surface area contributed by atoms with Crippen LogP contribution in [-0.2, 0) is 0 Å². The number of aromatic nitrogens is 1. The fourth-order valence-corrected chi connectivity index (χ4v) is 6.26. The molecule has 3 aliphatic heterocycles. The molecule has 3 aromatic rings. The summed E-state index contributed by atoms with van der Waals surface area (Å²) in [6, 6.07) is 17.3. The zero-order chi connectivity index (χ0) is 26.9. The van der Waals surface area contributed by atoms with E-state index in [4.69, 9.17) is 9.72 Å². The van der Waals surface area contributed by atoms with Crippen LogP contribution in [-0.4, -0.2) is 67.6 Å². The Hall–Kier alpha value is -3.39. The number of para-hydroxylation sites is 1. The van der Waals surface area contributed by atoms with Crippen LogP contribution in [0.1, 0.15) is 36.9 Å². The van der Waals surface area contributed by atoms with Crippen LogP contribution >= 0.6 is 0 Å². The first-order valence-electron chi connectivity index (χ1n) is 14.2. The molecule has 7 nitrogen and oxygen atoms in total. The minimum absolute atomic E-state index is 0.333. The normalized spacial score (nSPS) is 19.4. The molecular formula is C32H39N5O2. The molecule has 0 bridgehead atoms. The van der Waals surface area contributed by atoms with E-state index in [1.54, 1.807) is 7.05 Å². The minimum Gasteiger partial charge on any atom is -0.485 e. The maximum atomic E-state index is 10.6. The molecule has 204 valence electrons. The van der Waals surface area contributed by atoms with Crippen molar-refractivity contribution in [1.29, 1.82) is 0 Å². The van der Waals surface area contributed by atoms with E-state index in [-0.39, 0.29) is 0 Å². The Morgan fingerprint density at radius 3 is 2.64 bits per heavy atom. The van der Waals surface area contributed by atoms with E-state index in [0.717, 1.165) is 79.5 Å². The third-order valence-corrected chi connectivity index (χ3v) is 8.36. The number of ether oxygens (including phenoxy) is 1. The molecule has 7 heteroatoms. The van der Waals surface area contributed by atoms with Gasteiger partial charge in [0.2, 0.25) is 0 Å². The predicted molar refractivity (Wildman–Crippen MR) is 158 cm³/mol. The van der Waals surface area contributed by atoms with Crippen molar-refractivity contribution in [3.8, 4) is 5.75 Å². The Balaban J connectivity index is 1.17. The number of nitrogens with one attached hydrogen (secondary N) is 1. The van der Waals surface area contributed by atoms with Crippen molar-refractivity contribution in [1.82, 2.24) is 15.2 Å². The number of hydrogen-bond donors (Lipinski definition) is 2. The molecule has 2 unspecified atom stereocenters. The van der Waals surface area contributed by atoms with Gasteiger partial charge in [0.25, 0.3) is 0 Å². The second-order valence-electron chi connectivity index (χ2n) is 10.9. The maximum Gasteiger partial charge on any atom is 0.147 e. The van der Waals surface area contributed by atoms with Crippen LogP contribution in [0, 0.1) is 6.92 Å². The Bertz CT molecular complexity index is 1410. The van der Waals surface area contributed by atoms with Crippen LogP contribution < -0.4 is 19.9 Å². The van der Waals surface area contributed by atoms with Gasteiger partial charge in [-0.25, -0.2) is 0 Å². The topological polar surface area (TPSA) is 64.1 Å². The maximum absolute atomic E-state index is 10.6. The molecule has 0 radical (unpaired) electrons. The number of nitrogens with zero attached hydrogens (tertiary/aromatic N) is 4. The number of likely N-dealkylation sites (N-methyl/N-ethyl adjacent to an activating group) is 1. The Morgan fingerprint density at radius 2 is 1.82 bits per heavy atom. The minimum atomic E-state index is -0.664. The lowest BCUT2D eigenvalue weighted by Gasteiger charge is -2.38. The van der Waals surface area contributed by atoms with Gasteiger partial charge in [-0.3, -0.25) is 15.2 Å². The Labute approximate surface area is 231 Å². The molecule has 3 aliphatic rings. The van der Waals surface area contributed by atoms with E-state index in [9.17, 15) is 5.11 Å². The first-order valence-corrected chi connectivity index (χ1v) is 14.2. The molecule has 0 aliphatic carbocycles. The van der Waals surface area contributed by atoms with Crippen LogP contribution in [0.25, 0.3) is 10.9 Å². The Morgan fingerprint density at radius 1 is 1.03 bits per heavy atom. The molecular weight excluding hydrogens is 486 g/mol. The molecule has 4 heterocycles. The van der Waals surface area contributed by atoms with Crippen LogP contribution in [0.5, 0.6) is 5.75 Å². The highest BCUT2D eigenvalue weighted by Crippen LogP contribution is 2.43. The number of benzene rings is 2. The summed E-state index contributed by atoms with van der Waals surface area (Å²) >= 11 is 0. The van der Waals surface area contributed by atoms with Gasteiger partial charge in [-0.15, -0.1) is 0 Å². The summed E-state index contributed by atoms with van der Waals surface area (Å²) in [7, 11) is 1.79. The quantitative estimate of drug-likeness (QED) is 0.450. The van der Waals surface area contributed by atoms with E-state index in [1.807, 2.05) is 6.92 Å². The largest absolute Gasteiger partial charge is 0.485 e. The lowest BCUT2D eigenvalue weighted by molar-refractivity contribution is 0.175. The van der Waals surface area contributed by atoms with Crippen molar-refractivity contribution in [2.24, 2.45) is 0 Å². The predicted octanol–water partition coefficient (Wildman–Crippen LogP) is 4.77. The van der Waals surface area contributed by atoms with Gasteiger partial charge in [0, 0.05) is 61.3 Å². The molecule has 6 rings (SSSR count). The summed E-state index contributed by atoms with van der Waals surface area (Å²) in [5, 5.41) is 14.8. The average molecular weight is 526 g/mol. The first-order chi connectivity index (χ1) is 19.0. The standard InChI is InChI=1S/C32H39N5O2/c1-22(20-35-16-18-36(19-17-35)28-11-7-10-27-25(28)14-13-23(2)34-27)24-9-6-12-29-31(24)39-21-30-26(32(38)33-3)8-4-5-15-37(29)30/h5-7,9-15,22,32-33,38H,4,8,16-21H2,1-3H3. The van der Waals surface area contributed by atoms with Gasteiger partial charge in [-0.2, -0.15) is 0 Å². The second-order valence-corrected chi connectivity index (χ2v) is 10.9. The number of aliphatic hydroxyl groups excluding tert-OH is 1. The molecule has 0 saturated carbocycles. The van der Waals surface area contributed by atoms with E-state index < -0.39 is 6.23 Å². The van der Waals surface area contributed by atoms with Crippen molar-refractivity contribution in [3.05, 3.63) is 83.3 Å². The van der Waals surface area contributed by atoms with Crippen LogP contribution in [0.2, 0.25) is 0 Å². The molecule has 0 spiro atoms. The number of aryl methyl sites for hydroxylation is 1. The number of allylic oxidation sites excluding steroid dienone is 1. The second kappa shape index (κ2) is 11.0. The van der Waals surface area contributed by atoms with Crippen molar-refractivity contribution in [2.75, 3.05) is 56.2 Å². The lowest BCUT2D eigenvalue weighted by atomic mass is 9.96. The number of fused-ring (bicyclic) bond motifs is 4. The van der Waals surface area contributed by atoms with Gasteiger partial charge in [-0.05, 0) is 68.6 Å². The fourth-order valence-electron chi connectivity index (χ4n) is 6.26. The SMILES string of the molecule is CNC(O)C1=C2COc3c(C(C)CN4CCN(c5cccc6nc(C)ccc56)CC4)cccc3N2C=CCC1. The molecule has 2 aromatic carbocycles. The third-order valence-electron chi connectivity index (χ3n) is 8.36. The summed E-state index contributed by atoms with van der Waals surface area (Å²) < 4.78 is 6.43. The number of rotatable bonds is 6. The number of aliphatic hydroxyl groups is 1. The van der Waals surface area contributed by atoms with Gasteiger partial charge in [0.05, 0.1) is 16.9 Å². The van der Waals surface area contributed by atoms with Gasteiger partial charge in [-0.1, -0.05) is 31.2 Å². The monoisotopic (exact) mass is 525 g/mol. The highest BCUT2D eigenvalue weighted by molar-refractivity contribution is 5.92.